The molecule has 1 aliphatic heterocycles. The number of aromatic nitrogens is 3. The Hall–Kier alpha value is -2.44. The second-order valence-electron chi connectivity index (χ2n) is 7.82. The lowest BCUT2D eigenvalue weighted by molar-refractivity contribution is 0.392. The topological polar surface area (TPSA) is 67.1 Å². The first-order valence-electron chi connectivity index (χ1n) is 10.4. The van der Waals surface area contributed by atoms with Crippen LogP contribution in [0.4, 0.5) is 4.39 Å². The molecule has 2 aliphatic rings. The third-order valence-electron chi connectivity index (χ3n) is 5.74. The summed E-state index contributed by atoms with van der Waals surface area (Å²) >= 11 is 0. The molecule has 0 radical (unpaired) electrons. The molecule has 1 aliphatic carbocycles. The normalized spacial score (nSPS) is 20.5. The van der Waals surface area contributed by atoms with Crippen molar-refractivity contribution in [3.05, 3.63) is 47.3 Å². The minimum atomic E-state index is -0.143. The van der Waals surface area contributed by atoms with Gasteiger partial charge in [-0.25, -0.2) is 14.1 Å². The minimum absolute atomic E-state index is 0.120. The van der Waals surface area contributed by atoms with Crippen molar-refractivity contribution in [1.82, 2.24) is 25.4 Å². The molecule has 0 amide bonds. The van der Waals surface area contributed by atoms with E-state index in [0.717, 1.165) is 68.4 Å². The summed E-state index contributed by atoms with van der Waals surface area (Å²) in [5, 5.41) is 11.5. The van der Waals surface area contributed by atoms with Gasteiger partial charge in [0.2, 0.25) is 0 Å². The highest BCUT2D eigenvalue weighted by molar-refractivity contribution is 5.80. The van der Waals surface area contributed by atoms with E-state index in [-0.39, 0.29) is 17.3 Å². The first kappa shape index (κ1) is 18.9. The van der Waals surface area contributed by atoms with Crippen molar-refractivity contribution in [2.75, 3.05) is 13.1 Å². The Balaban J connectivity index is 1.44. The predicted molar refractivity (Wildman–Crippen MR) is 108 cm³/mol. The van der Waals surface area contributed by atoms with Crippen LogP contribution in [-0.2, 0) is 24.8 Å². The maximum absolute atomic E-state index is 14.2. The van der Waals surface area contributed by atoms with Gasteiger partial charge in [-0.3, -0.25) is 4.99 Å². The number of rotatable bonds is 6. The van der Waals surface area contributed by atoms with Crippen LogP contribution in [-0.4, -0.2) is 39.9 Å². The highest BCUT2D eigenvalue weighted by Crippen LogP contribution is 2.49. The van der Waals surface area contributed by atoms with Crippen LogP contribution in [0, 0.1) is 5.82 Å². The van der Waals surface area contributed by atoms with Crippen LogP contribution in [0.15, 0.2) is 29.3 Å². The van der Waals surface area contributed by atoms with Crippen molar-refractivity contribution in [3.8, 4) is 0 Å². The quantitative estimate of drug-likeness (QED) is 0.593. The van der Waals surface area contributed by atoms with E-state index in [1.54, 1.807) is 12.1 Å². The average molecular weight is 385 g/mol. The zero-order valence-corrected chi connectivity index (χ0v) is 16.7. The second kappa shape index (κ2) is 7.89. The van der Waals surface area contributed by atoms with Crippen LogP contribution < -0.4 is 10.6 Å². The van der Waals surface area contributed by atoms with Crippen LogP contribution in [0.25, 0.3) is 0 Å². The third kappa shape index (κ3) is 3.88. The molecule has 4 rings (SSSR count). The Morgan fingerprint density at radius 1 is 1.32 bits per heavy atom. The van der Waals surface area contributed by atoms with Crippen molar-refractivity contribution in [2.24, 2.45) is 4.99 Å². The summed E-state index contributed by atoms with van der Waals surface area (Å²) in [6, 6.07) is 7.37. The van der Waals surface area contributed by atoms with Gasteiger partial charge < -0.3 is 10.6 Å². The Kier molecular flexibility index (Phi) is 5.33. The molecule has 2 N–H and O–H groups in total. The highest BCUT2D eigenvalue weighted by atomic mass is 19.1. The summed E-state index contributed by atoms with van der Waals surface area (Å²) in [4.78, 5) is 9.40. The van der Waals surface area contributed by atoms with Crippen LogP contribution in [0.1, 0.15) is 50.3 Å². The summed E-state index contributed by atoms with van der Waals surface area (Å²) in [6.07, 6.45) is 4.76. The molecule has 0 bridgehead atoms. The van der Waals surface area contributed by atoms with E-state index in [1.807, 2.05) is 16.8 Å². The molecule has 1 fully saturated rings. The van der Waals surface area contributed by atoms with Crippen LogP contribution in [0.5, 0.6) is 0 Å². The summed E-state index contributed by atoms with van der Waals surface area (Å²) in [7, 11) is 0. The molecular formula is C21H29FN6. The van der Waals surface area contributed by atoms with E-state index in [0.29, 0.717) is 6.54 Å². The first-order chi connectivity index (χ1) is 13.6. The first-order valence-corrected chi connectivity index (χ1v) is 10.4. The third-order valence-corrected chi connectivity index (χ3v) is 5.74. The Morgan fingerprint density at radius 2 is 2.14 bits per heavy atom. The number of aliphatic imine (C=N–C) groups is 1. The number of benzene rings is 1. The fraction of sp³-hybridized carbons (Fsp3) is 0.571. The number of hydrogen-bond donors (Lipinski definition) is 2. The van der Waals surface area contributed by atoms with E-state index < -0.39 is 0 Å². The number of fused-ring (bicyclic) bond motifs is 1. The molecule has 0 saturated heterocycles. The molecule has 1 aromatic heterocycles. The molecule has 1 unspecified atom stereocenters. The zero-order chi connectivity index (χ0) is 19.6. The van der Waals surface area contributed by atoms with Crippen molar-refractivity contribution in [2.45, 2.75) is 64.0 Å². The predicted octanol–water partition coefficient (Wildman–Crippen LogP) is 2.58. The maximum Gasteiger partial charge on any atom is 0.191 e. The van der Waals surface area contributed by atoms with Crippen molar-refractivity contribution in [1.29, 1.82) is 0 Å². The van der Waals surface area contributed by atoms with Gasteiger partial charge in [0.1, 0.15) is 11.6 Å². The van der Waals surface area contributed by atoms with E-state index in [2.05, 4.69) is 34.6 Å². The standard InChI is InChI=1S/C21H29FN6/c1-3-18-26-19-10-9-15(13-28(19)27-18)25-20(23-4-2)24-14-21(11-12-21)16-7-5-6-8-17(16)22/h5-8,15H,3-4,9-14H2,1-2H3,(H2,23,24,25). The number of guanidine groups is 1. The van der Waals surface area contributed by atoms with Gasteiger partial charge in [-0.2, -0.15) is 5.10 Å². The van der Waals surface area contributed by atoms with Gasteiger partial charge in [-0.1, -0.05) is 25.1 Å². The van der Waals surface area contributed by atoms with Crippen LogP contribution in [0.2, 0.25) is 0 Å². The van der Waals surface area contributed by atoms with Gasteiger partial charge in [0, 0.05) is 30.8 Å². The van der Waals surface area contributed by atoms with Gasteiger partial charge in [0.25, 0.3) is 0 Å². The smallest absolute Gasteiger partial charge is 0.191 e. The molecule has 2 aromatic rings. The summed E-state index contributed by atoms with van der Waals surface area (Å²) < 4.78 is 16.3. The molecule has 6 nitrogen and oxygen atoms in total. The largest absolute Gasteiger partial charge is 0.357 e. The lowest BCUT2D eigenvalue weighted by Crippen LogP contribution is -2.47. The summed E-state index contributed by atoms with van der Waals surface area (Å²) in [5.74, 6) is 2.67. The van der Waals surface area contributed by atoms with Crippen LogP contribution >= 0.6 is 0 Å². The van der Waals surface area contributed by atoms with Gasteiger partial charge in [0.15, 0.2) is 11.8 Å². The van der Waals surface area contributed by atoms with Crippen molar-refractivity contribution in [3.63, 3.8) is 0 Å². The molecule has 2 heterocycles. The van der Waals surface area contributed by atoms with E-state index in [1.165, 1.54) is 0 Å². The molecule has 0 spiro atoms. The number of aryl methyl sites for hydroxylation is 2. The average Bonchev–Trinajstić information content (AvgIpc) is 3.37. The lowest BCUT2D eigenvalue weighted by atomic mass is 9.95. The lowest BCUT2D eigenvalue weighted by Gasteiger charge is -2.26. The molecule has 1 aromatic carbocycles. The zero-order valence-electron chi connectivity index (χ0n) is 16.7. The van der Waals surface area contributed by atoms with Crippen LogP contribution in [0.3, 0.4) is 0 Å². The second-order valence-corrected chi connectivity index (χ2v) is 7.82. The molecule has 7 heteroatoms. The Labute approximate surface area is 165 Å². The summed E-state index contributed by atoms with van der Waals surface area (Å²) in [5.41, 5.74) is 0.654. The fourth-order valence-electron chi connectivity index (χ4n) is 3.93. The van der Waals surface area contributed by atoms with E-state index in [9.17, 15) is 4.39 Å². The van der Waals surface area contributed by atoms with Gasteiger partial charge in [-0.15, -0.1) is 0 Å². The van der Waals surface area contributed by atoms with E-state index in [4.69, 9.17) is 4.99 Å². The highest BCUT2D eigenvalue weighted by Gasteiger charge is 2.45. The van der Waals surface area contributed by atoms with Gasteiger partial charge in [-0.05, 0) is 37.8 Å². The number of hydrogen-bond acceptors (Lipinski definition) is 3. The van der Waals surface area contributed by atoms with Gasteiger partial charge >= 0.3 is 0 Å². The summed E-state index contributed by atoms with van der Waals surface area (Å²) in [6.45, 7) is 6.33. The molecule has 150 valence electrons. The minimum Gasteiger partial charge on any atom is -0.357 e. The molecule has 1 atom stereocenters. The monoisotopic (exact) mass is 384 g/mol. The maximum atomic E-state index is 14.2. The number of halogens is 1. The Morgan fingerprint density at radius 3 is 2.86 bits per heavy atom. The Bertz CT molecular complexity index is 854. The molecular weight excluding hydrogens is 355 g/mol. The SMILES string of the molecule is CCNC(=NCC1(c2ccccc2F)CC1)NC1CCc2nc(CC)nn2C1. The molecule has 28 heavy (non-hydrogen) atoms. The van der Waals surface area contributed by atoms with Crippen molar-refractivity contribution < 1.29 is 4.39 Å². The van der Waals surface area contributed by atoms with E-state index >= 15 is 0 Å². The van der Waals surface area contributed by atoms with Gasteiger partial charge in [0.05, 0.1) is 13.1 Å². The fourth-order valence-corrected chi connectivity index (χ4v) is 3.93. The number of nitrogens with one attached hydrogen (secondary N) is 2. The van der Waals surface area contributed by atoms with Crippen molar-refractivity contribution >= 4 is 5.96 Å². The number of nitrogens with zero attached hydrogens (tertiary/aromatic N) is 4. The molecule has 1 saturated carbocycles.